The smallest absolute Gasteiger partial charge is 0.377 e. The summed E-state index contributed by atoms with van der Waals surface area (Å²) in [7, 11) is -2.07. The summed E-state index contributed by atoms with van der Waals surface area (Å²) in [5.74, 6) is 0. The van der Waals surface area contributed by atoms with Crippen molar-refractivity contribution in [1.29, 1.82) is 0 Å². The molecule has 4 nitrogen and oxygen atoms in total. The van der Waals surface area contributed by atoms with Crippen molar-refractivity contribution in [1.82, 2.24) is 0 Å². The molecule has 0 saturated carbocycles. The third kappa shape index (κ3) is 5.24. The zero-order valence-corrected chi connectivity index (χ0v) is 16.3. The Bertz CT molecular complexity index is 233. The topological polar surface area (TPSA) is 53.7 Å². The summed E-state index contributed by atoms with van der Waals surface area (Å²) in [5, 5.41) is 0.322. The summed E-state index contributed by atoms with van der Waals surface area (Å²) in [6.45, 7) is 14.6. The quantitative estimate of drug-likeness (QED) is 0.699. The molecule has 0 amide bonds. The molecule has 0 spiro atoms. The van der Waals surface area contributed by atoms with E-state index in [0.29, 0.717) is 17.9 Å². The van der Waals surface area contributed by atoms with Crippen molar-refractivity contribution in [2.75, 3.05) is 20.8 Å². The van der Waals surface area contributed by atoms with Crippen LogP contribution in [0.3, 0.4) is 0 Å². The van der Waals surface area contributed by atoms with Crippen molar-refractivity contribution in [3.05, 3.63) is 0 Å². The standard InChI is InChI=1S/C11H31NO3Si3/c1-13-18(14-2,10-9-12)15-11(16(3,4)5)17(6,7)8/h11H,9-10,12H2,1-8H3. The van der Waals surface area contributed by atoms with E-state index < -0.39 is 25.0 Å². The van der Waals surface area contributed by atoms with Gasteiger partial charge in [0.2, 0.25) is 0 Å². The predicted octanol–water partition coefficient (Wildman–Crippen LogP) is 2.32. The molecule has 0 aromatic carbocycles. The Balaban J connectivity index is 5.17. The molecule has 0 aromatic heterocycles. The van der Waals surface area contributed by atoms with Gasteiger partial charge in [-0.05, 0) is 6.54 Å². The lowest BCUT2D eigenvalue weighted by atomic mass is 10.8. The summed E-state index contributed by atoms with van der Waals surface area (Å²) >= 11 is 0. The van der Waals surface area contributed by atoms with Gasteiger partial charge in [0.25, 0.3) is 0 Å². The largest absolute Gasteiger partial charge is 0.501 e. The van der Waals surface area contributed by atoms with E-state index >= 15 is 0 Å². The Morgan fingerprint density at radius 3 is 1.50 bits per heavy atom. The third-order valence-corrected chi connectivity index (χ3v) is 14.7. The van der Waals surface area contributed by atoms with E-state index in [0.717, 1.165) is 0 Å². The molecular weight excluding hydrogens is 278 g/mol. The van der Waals surface area contributed by atoms with Crippen LogP contribution in [-0.2, 0) is 13.3 Å². The van der Waals surface area contributed by atoms with Crippen LogP contribution < -0.4 is 5.73 Å². The molecule has 0 radical (unpaired) electrons. The van der Waals surface area contributed by atoms with Crippen LogP contribution in [0, 0.1) is 0 Å². The van der Waals surface area contributed by atoms with Crippen molar-refractivity contribution >= 4 is 25.0 Å². The van der Waals surface area contributed by atoms with Crippen LogP contribution >= 0.6 is 0 Å². The zero-order chi connectivity index (χ0) is 14.6. The molecule has 0 fully saturated rings. The second kappa shape index (κ2) is 6.78. The first kappa shape index (κ1) is 18.5. The Kier molecular flexibility index (Phi) is 6.96. The molecule has 0 unspecified atom stereocenters. The van der Waals surface area contributed by atoms with Crippen LogP contribution in [0.15, 0.2) is 0 Å². The average Bonchev–Trinajstić information content (AvgIpc) is 2.21. The van der Waals surface area contributed by atoms with E-state index in [9.17, 15) is 0 Å². The number of hydrogen-bond acceptors (Lipinski definition) is 4. The van der Waals surface area contributed by atoms with Gasteiger partial charge in [0.15, 0.2) is 0 Å². The van der Waals surface area contributed by atoms with Crippen LogP contribution in [0.1, 0.15) is 0 Å². The van der Waals surface area contributed by atoms with Gasteiger partial charge in [-0.15, -0.1) is 0 Å². The van der Waals surface area contributed by atoms with Crippen LogP contribution in [0.4, 0.5) is 0 Å². The maximum absolute atomic E-state index is 6.44. The summed E-state index contributed by atoms with van der Waals surface area (Å²) in [5.41, 5.74) is 5.68. The lowest BCUT2D eigenvalue weighted by Crippen LogP contribution is -2.62. The highest BCUT2D eigenvalue weighted by atomic mass is 28.4. The molecule has 18 heavy (non-hydrogen) atoms. The van der Waals surface area contributed by atoms with Gasteiger partial charge in [-0.1, -0.05) is 39.3 Å². The minimum atomic E-state index is -2.58. The van der Waals surface area contributed by atoms with Crippen LogP contribution in [0.25, 0.3) is 0 Å². The van der Waals surface area contributed by atoms with E-state index in [1.54, 1.807) is 14.2 Å². The number of rotatable bonds is 8. The maximum Gasteiger partial charge on any atom is 0.501 e. The highest BCUT2D eigenvalue weighted by Crippen LogP contribution is 2.27. The monoisotopic (exact) mass is 309 g/mol. The second-order valence-electron chi connectivity index (χ2n) is 6.86. The second-order valence-corrected chi connectivity index (χ2v) is 20.9. The molecule has 0 atom stereocenters. The summed E-state index contributed by atoms with van der Waals surface area (Å²) in [6.07, 6.45) is 0. The van der Waals surface area contributed by atoms with Crippen molar-refractivity contribution in [2.45, 2.75) is 50.7 Å². The molecule has 0 aromatic rings. The number of hydrogen-bond donors (Lipinski definition) is 1. The van der Waals surface area contributed by atoms with Gasteiger partial charge >= 0.3 is 8.80 Å². The molecule has 7 heteroatoms. The minimum absolute atomic E-state index is 0.322. The Morgan fingerprint density at radius 1 is 0.889 bits per heavy atom. The first-order valence-electron chi connectivity index (χ1n) is 6.50. The highest BCUT2D eigenvalue weighted by molar-refractivity contribution is 6.96. The first-order chi connectivity index (χ1) is 8.02. The number of nitrogens with two attached hydrogens (primary N) is 1. The van der Waals surface area contributed by atoms with Gasteiger partial charge in [0.05, 0.1) is 16.1 Å². The summed E-state index contributed by atoms with van der Waals surface area (Å²) in [4.78, 5) is 0. The van der Waals surface area contributed by atoms with Crippen molar-refractivity contribution in [3.8, 4) is 0 Å². The predicted molar refractivity (Wildman–Crippen MR) is 85.2 cm³/mol. The van der Waals surface area contributed by atoms with Crippen LogP contribution in [0.5, 0.6) is 0 Å². The fourth-order valence-corrected chi connectivity index (χ4v) is 18.3. The molecule has 0 aliphatic carbocycles. The van der Waals surface area contributed by atoms with Gasteiger partial charge in [0, 0.05) is 25.6 Å². The minimum Gasteiger partial charge on any atom is -0.377 e. The summed E-state index contributed by atoms with van der Waals surface area (Å²) in [6, 6.07) is 0.686. The SMILES string of the molecule is CO[Si](CCN)(OC)OC([Si](C)(C)C)[Si](C)(C)C. The van der Waals surface area contributed by atoms with Gasteiger partial charge in [-0.3, -0.25) is 0 Å². The normalized spacial score (nSPS) is 14.3. The molecule has 2 N–H and O–H groups in total. The van der Waals surface area contributed by atoms with E-state index in [1.165, 1.54) is 0 Å². The van der Waals surface area contributed by atoms with Gasteiger partial charge in [0.1, 0.15) is 0 Å². The Labute approximate surface area is 116 Å². The lowest BCUT2D eigenvalue weighted by molar-refractivity contribution is 0.101. The Morgan fingerprint density at radius 2 is 1.28 bits per heavy atom. The lowest BCUT2D eigenvalue weighted by Gasteiger charge is -2.42. The zero-order valence-electron chi connectivity index (χ0n) is 13.3. The molecule has 0 heterocycles. The van der Waals surface area contributed by atoms with E-state index in [1.807, 2.05) is 0 Å². The molecule has 0 aliphatic rings. The van der Waals surface area contributed by atoms with E-state index in [4.69, 9.17) is 19.0 Å². The molecule has 0 saturated heterocycles. The van der Waals surface area contributed by atoms with Crippen LogP contribution in [0.2, 0.25) is 45.3 Å². The molecular formula is C11H31NO3Si3. The molecule has 110 valence electrons. The highest BCUT2D eigenvalue weighted by Gasteiger charge is 2.48. The van der Waals surface area contributed by atoms with Crippen molar-refractivity contribution in [2.24, 2.45) is 5.73 Å². The van der Waals surface area contributed by atoms with Crippen molar-refractivity contribution in [3.63, 3.8) is 0 Å². The van der Waals surface area contributed by atoms with Gasteiger partial charge in [-0.2, -0.15) is 0 Å². The average molecular weight is 310 g/mol. The van der Waals surface area contributed by atoms with E-state index in [-0.39, 0.29) is 0 Å². The fraction of sp³-hybridized carbons (Fsp3) is 1.00. The molecule has 0 rings (SSSR count). The molecule has 0 bridgehead atoms. The summed E-state index contributed by atoms with van der Waals surface area (Å²) < 4.78 is 17.7. The third-order valence-electron chi connectivity index (χ3n) is 2.94. The van der Waals surface area contributed by atoms with Crippen LogP contribution in [-0.4, -0.2) is 51.1 Å². The van der Waals surface area contributed by atoms with E-state index in [2.05, 4.69) is 39.3 Å². The fourth-order valence-electron chi connectivity index (χ4n) is 2.45. The van der Waals surface area contributed by atoms with Gasteiger partial charge < -0.3 is 19.0 Å². The Hall–Kier alpha value is 0.491. The van der Waals surface area contributed by atoms with Crippen molar-refractivity contribution < 1.29 is 13.3 Å². The maximum atomic E-state index is 6.44. The first-order valence-corrected chi connectivity index (χ1v) is 15.6. The molecule has 0 aliphatic heterocycles. The van der Waals surface area contributed by atoms with Gasteiger partial charge in [-0.25, -0.2) is 0 Å².